The van der Waals surface area contributed by atoms with E-state index in [9.17, 15) is 9.59 Å². The van der Waals surface area contributed by atoms with Gasteiger partial charge in [0.25, 0.3) is 0 Å². The Hall–Kier alpha value is -3.15. The van der Waals surface area contributed by atoms with Crippen LogP contribution >= 0.6 is 0 Å². The summed E-state index contributed by atoms with van der Waals surface area (Å²) in [6, 6.07) is 14.8. The summed E-state index contributed by atoms with van der Waals surface area (Å²) in [5.41, 5.74) is 3.27. The van der Waals surface area contributed by atoms with Crippen molar-refractivity contribution in [3.8, 4) is 0 Å². The number of benzene rings is 2. The molecule has 1 amide bonds. The van der Waals surface area contributed by atoms with E-state index in [0.717, 1.165) is 41.8 Å². The number of aromatic nitrogens is 2. The van der Waals surface area contributed by atoms with Gasteiger partial charge in [0.2, 0.25) is 5.91 Å². The molecular formula is C22H23N3O3. The lowest BCUT2D eigenvalue weighted by Gasteiger charge is -2.24. The Balaban J connectivity index is 1.47. The minimum absolute atomic E-state index is 0.0132. The molecule has 1 aliphatic rings. The molecule has 2 aromatic carbocycles. The summed E-state index contributed by atoms with van der Waals surface area (Å²) in [6.07, 6.45) is 2.92. The van der Waals surface area contributed by atoms with Crippen molar-refractivity contribution in [2.75, 3.05) is 6.54 Å². The normalized spacial score (nSPS) is 16.6. The van der Waals surface area contributed by atoms with E-state index in [4.69, 9.17) is 10.1 Å². The first-order valence-electron chi connectivity index (χ1n) is 9.57. The number of likely N-dealkylation sites (tertiary alicyclic amines) is 1. The molecule has 2 heterocycles. The molecule has 1 aromatic heterocycles. The topological polar surface area (TPSA) is 75.4 Å². The number of para-hydroxylation sites is 2. The maximum atomic E-state index is 12.9. The molecule has 1 unspecified atom stereocenters. The molecule has 6 heteroatoms. The molecule has 0 saturated carbocycles. The second-order valence-corrected chi connectivity index (χ2v) is 7.26. The summed E-state index contributed by atoms with van der Waals surface area (Å²) < 4.78 is 2.09. The quantitative estimate of drug-likeness (QED) is 0.738. The fourth-order valence-corrected chi connectivity index (χ4v) is 4.00. The lowest BCUT2D eigenvalue weighted by atomic mass is 10.1. The molecule has 0 aliphatic carbocycles. The molecule has 0 bridgehead atoms. The fraction of sp³-hybridized carbons (Fsp3) is 0.318. The highest BCUT2D eigenvalue weighted by Gasteiger charge is 2.32. The number of nitrogens with zero attached hydrogens (tertiary/aromatic N) is 3. The molecule has 0 spiro atoms. The highest BCUT2D eigenvalue weighted by atomic mass is 16.4. The number of carbonyl (C=O) groups is 2. The number of carbonyl (C=O) groups excluding carboxylic acids is 1. The van der Waals surface area contributed by atoms with Crippen LogP contribution < -0.4 is 0 Å². The van der Waals surface area contributed by atoms with Crippen LogP contribution in [0.2, 0.25) is 0 Å². The third-order valence-electron chi connectivity index (χ3n) is 5.52. The van der Waals surface area contributed by atoms with Crippen LogP contribution in [0.25, 0.3) is 11.0 Å². The Bertz CT molecular complexity index is 1020. The van der Waals surface area contributed by atoms with Gasteiger partial charge in [-0.2, -0.15) is 0 Å². The third kappa shape index (κ3) is 3.38. The summed E-state index contributed by atoms with van der Waals surface area (Å²) in [7, 11) is 2.01. The molecule has 1 aliphatic heterocycles. The Labute approximate surface area is 163 Å². The average molecular weight is 377 g/mol. The van der Waals surface area contributed by atoms with Crippen LogP contribution in [0.5, 0.6) is 0 Å². The predicted octanol–water partition coefficient (Wildman–Crippen LogP) is 3.57. The van der Waals surface area contributed by atoms with E-state index in [2.05, 4.69) is 4.57 Å². The van der Waals surface area contributed by atoms with Crippen molar-refractivity contribution in [3.05, 3.63) is 65.5 Å². The SMILES string of the molecule is Cn1c(C2CCCN2C(=O)CCc2ccc(C(=O)O)cc2)nc2ccccc21. The van der Waals surface area contributed by atoms with Crippen molar-refractivity contribution in [2.45, 2.75) is 31.7 Å². The minimum atomic E-state index is -0.940. The Morgan fingerprint density at radius 2 is 1.89 bits per heavy atom. The van der Waals surface area contributed by atoms with Gasteiger partial charge in [-0.05, 0) is 49.1 Å². The van der Waals surface area contributed by atoms with Crippen molar-refractivity contribution in [1.82, 2.24) is 14.5 Å². The van der Waals surface area contributed by atoms with Gasteiger partial charge in [-0.3, -0.25) is 4.79 Å². The first kappa shape index (κ1) is 18.2. The van der Waals surface area contributed by atoms with E-state index >= 15 is 0 Å². The van der Waals surface area contributed by atoms with Gasteiger partial charge in [0.1, 0.15) is 5.82 Å². The van der Waals surface area contributed by atoms with Crippen LogP contribution in [-0.4, -0.2) is 38.0 Å². The number of rotatable bonds is 5. The first-order valence-corrected chi connectivity index (χ1v) is 9.57. The van der Waals surface area contributed by atoms with Crippen LogP contribution in [0.3, 0.4) is 0 Å². The lowest BCUT2D eigenvalue weighted by molar-refractivity contribution is -0.132. The number of fused-ring (bicyclic) bond motifs is 1. The van der Waals surface area contributed by atoms with E-state index in [1.54, 1.807) is 24.3 Å². The van der Waals surface area contributed by atoms with E-state index in [1.807, 2.05) is 36.2 Å². The average Bonchev–Trinajstić information content (AvgIpc) is 3.31. The standard InChI is InChI=1S/C22H23N3O3/c1-24-18-6-3-2-5-17(18)23-21(24)19-7-4-14-25(19)20(26)13-10-15-8-11-16(12-9-15)22(27)28/h2-3,5-6,8-9,11-12,19H,4,7,10,13-14H2,1H3,(H,27,28). The van der Waals surface area contributed by atoms with Gasteiger partial charge in [0.15, 0.2) is 0 Å². The van der Waals surface area contributed by atoms with Gasteiger partial charge < -0.3 is 14.6 Å². The molecule has 1 fully saturated rings. The van der Waals surface area contributed by atoms with Crippen molar-refractivity contribution >= 4 is 22.9 Å². The maximum Gasteiger partial charge on any atom is 0.335 e. The largest absolute Gasteiger partial charge is 0.478 e. The van der Waals surface area contributed by atoms with E-state index in [0.29, 0.717) is 12.8 Å². The van der Waals surface area contributed by atoms with Crippen LogP contribution in [0.15, 0.2) is 48.5 Å². The highest BCUT2D eigenvalue weighted by Crippen LogP contribution is 2.33. The molecule has 3 aromatic rings. The van der Waals surface area contributed by atoms with Gasteiger partial charge in [-0.15, -0.1) is 0 Å². The fourth-order valence-electron chi connectivity index (χ4n) is 4.00. The van der Waals surface area contributed by atoms with Crippen molar-refractivity contribution in [3.63, 3.8) is 0 Å². The van der Waals surface area contributed by atoms with Crippen molar-refractivity contribution < 1.29 is 14.7 Å². The molecule has 0 radical (unpaired) electrons. The summed E-state index contributed by atoms with van der Waals surface area (Å²) in [5.74, 6) is 0.125. The number of amides is 1. The Kier molecular flexibility index (Phi) is 4.86. The van der Waals surface area contributed by atoms with E-state index in [-0.39, 0.29) is 17.5 Å². The van der Waals surface area contributed by atoms with Gasteiger partial charge in [-0.1, -0.05) is 24.3 Å². The van der Waals surface area contributed by atoms with E-state index in [1.165, 1.54) is 0 Å². The second kappa shape index (κ2) is 7.46. The number of hydrogen-bond donors (Lipinski definition) is 1. The van der Waals surface area contributed by atoms with Crippen LogP contribution in [0.1, 0.15) is 47.1 Å². The zero-order chi connectivity index (χ0) is 19.7. The first-order chi connectivity index (χ1) is 13.5. The summed E-state index contributed by atoms with van der Waals surface area (Å²) in [4.78, 5) is 30.6. The zero-order valence-electron chi connectivity index (χ0n) is 15.8. The third-order valence-corrected chi connectivity index (χ3v) is 5.52. The summed E-state index contributed by atoms with van der Waals surface area (Å²) in [5, 5.41) is 8.98. The minimum Gasteiger partial charge on any atom is -0.478 e. The van der Waals surface area contributed by atoms with E-state index < -0.39 is 5.97 Å². The number of carboxylic acids is 1. The molecule has 1 N–H and O–H groups in total. The molecule has 1 atom stereocenters. The molecule has 144 valence electrons. The number of hydrogen-bond acceptors (Lipinski definition) is 3. The highest BCUT2D eigenvalue weighted by molar-refractivity contribution is 5.87. The van der Waals surface area contributed by atoms with Crippen LogP contribution in [-0.2, 0) is 18.3 Å². The number of aryl methyl sites for hydroxylation is 2. The molecule has 1 saturated heterocycles. The van der Waals surface area contributed by atoms with Gasteiger partial charge in [0.05, 0.1) is 22.6 Å². The van der Waals surface area contributed by atoms with Gasteiger partial charge in [0, 0.05) is 20.0 Å². The smallest absolute Gasteiger partial charge is 0.335 e. The molecule has 6 nitrogen and oxygen atoms in total. The van der Waals surface area contributed by atoms with Crippen molar-refractivity contribution in [2.24, 2.45) is 7.05 Å². The second-order valence-electron chi connectivity index (χ2n) is 7.26. The summed E-state index contributed by atoms with van der Waals surface area (Å²) >= 11 is 0. The van der Waals surface area contributed by atoms with Crippen LogP contribution in [0.4, 0.5) is 0 Å². The zero-order valence-corrected chi connectivity index (χ0v) is 15.8. The van der Waals surface area contributed by atoms with Crippen LogP contribution in [0, 0.1) is 0 Å². The number of imidazole rings is 1. The number of carboxylic acid groups (broad SMARTS) is 1. The predicted molar refractivity (Wildman–Crippen MR) is 106 cm³/mol. The monoisotopic (exact) mass is 377 g/mol. The van der Waals surface area contributed by atoms with Crippen molar-refractivity contribution in [1.29, 1.82) is 0 Å². The lowest BCUT2D eigenvalue weighted by Crippen LogP contribution is -2.32. The molecule has 4 rings (SSSR count). The number of aromatic carboxylic acids is 1. The molecular weight excluding hydrogens is 354 g/mol. The Morgan fingerprint density at radius 3 is 2.61 bits per heavy atom. The van der Waals surface area contributed by atoms with Gasteiger partial charge >= 0.3 is 5.97 Å². The summed E-state index contributed by atoms with van der Waals surface area (Å²) in [6.45, 7) is 0.755. The molecule has 28 heavy (non-hydrogen) atoms. The van der Waals surface area contributed by atoms with Gasteiger partial charge in [-0.25, -0.2) is 9.78 Å². The maximum absolute atomic E-state index is 12.9. The Morgan fingerprint density at radius 1 is 1.14 bits per heavy atom.